The Labute approximate surface area is 165 Å². The third-order valence-electron chi connectivity index (χ3n) is 4.96. The molecule has 7 heteroatoms. The summed E-state index contributed by atoms with van der Waals surface area (Å²) in [5.74, 6) is 0. The Morgan fingerprint density at radius 2 is 1.85 bits per heavy atom. The Bertz CT molecular complexity index is 930. The first-order chi connectivity index (χ1) is 12.8. The predicted octanol–water partition coefficient (Wildman–Crippen LogP) is 3.71. The van der Waals surface area contributed by atoms with Crippen LogP contribution in [0.15, 0.2) is 41.3 Å². The number of rotatable bonds is 5. The third kappa shape index (κ3) is 4.36. The van der Waals surface area contributed by atoms with Crippen LogP contribution in [-0.2, 0) is 19.5 Å². The van der Waals surface area contributed by atoms with Crippen molar-refractivity contribution in [2.75, 3.05) is 20.3 Å². The number of halogens is 1. The highest BCUT2D eigenvalue weighted by molar-refractivity contribution is 7.89. The van der Waals surface area contributed by atoms with Gasteiger partial charge in [-0.05, 0) is 49.6 Å². The summed E-state index contributed by atoms with van der Waals surface area (Å²) in [6.07, 6.45) is 0.244. The van der Waals surface area contributed by atoms with E-state index in [-0.39, 0.29) is 17.0 Å². The number of sulfonamides is 1. The van der Waals surface area contributed by atoms with Crippen molar-refractivity contribution in [1.29, 1.82) is 0 Å². The lowest BCUT2D eigenvalue weighted by atomic mass is 10.0. The molecule has 0 spiro atoms. The van der Waals surface area contributed by atoms with Gasteiger partial charge < -0.3 is 9.47 Å². The number of hydrogen-bond acceptors (Lipinski definition) is 4. The number of ether oxygens (including phenoxy) is 2. The Hall–Kier alpha value is -1.44. The van der Waals surface area contributed by atoms with E-state index in [1.807, 2.05) is 38.1 Å². The maximum absolute atomic E-state index is 13.3. The molecule has 3 rings (SSSR count). The molecule has 0 saturated carbocycles. The maximum atomic E-state index is 13.3. The van der Waals surface area contributed by atoms with E-state index in [0.717, 1.165) is 11.1 Å². The standard InChI is InChI=1S/C20H24ClNO4S/c1-13-10-16(15-6-4-5-7-17(15)21)20(11-14(13)2)27(23,24)22-18-8-9-26-12-19(18)25-3/h4-7,10-11,18-19,22H,8-9,12H2,1-3H3/t18-,19-/m0/s1. The summed E-state index contributed by atoms with van der Waals surface area (Å²) in [5, 5.41) is 0.512. The summed E-state index contributed by atoms with van der Waals surface area (Å²) in [6.45, 7) is 4.72. The zero-order chi connectivity index (χ0) is 19.6. The number of nitrogens with one attached hydrogen (secondary N) is 1. The smallest absolute Gasteiger partial charge is 0.241 e. The van der Waals surface area contributed by atoms with Crippen LogP contribution in [0.2, 0.25) is 5.02 Å². The highest BCUT2D eigenvalue weighted by atomic mass is 35.5. The molecule has 2 atom stereocenters. The molecule has 1 saturated heterocycles. The number of aryl methyl sites for hydroxylation is 2. The largest absolute Gasteiger partial charge is 0.379 e. The van der Waals surface area contributed by atoms with Gasteiger partial charge in [0.25, 0.3) is 0 Å². The number of hydrogen-bond donors (Lipinski definition) is 1. The molecule has 1 aliphatic rings. The Morgan fingerprint density at radius 1 is 1.15 bits per heavy atom. The van der Waals surface area contributed by atoms with E-state index in [0.29, 0.717) is 35.8 Å². The Morgan fingerprint density at radius 3 is 2.56 bits per heavy atom. The average molecular weight is 410 g/mol. The van der Waals surface area contributed by atoms with Crippen LogP contribution >= 0.6 is 11.6 Å². The van der Waals surface area contributed by atoms with Crippen LogP contribution < -0.4 is 4.72 Å². The third-order valence-corrected chi connectivity index (χ3v) is 6.82. The molecule has 0 unspecified atom stereocenters. The van der Waals surface area contributed by atoms with E-state index in [1.165, 1.54) is 0 Å². The normalized spacial score (nSPS) is 20.6. The fraction of sp³-hybridized carbons (Fsp3) is 0.400. The highest BCUT2D eigenvalue weighted by Gasteiger charge is 2.31. The molecule has 2 aromatic carbocycles. The number of benzene rings is 2. The lowest BCUT2D eigenvalue weighted by Gasteiger charge is -2.31. The maximum Gasteiger partial charge on any atom is 0.241 e. The molecule has 0 aliphatic carbocycles. The summed E-state index contributed by atoms with van der Waals surface area (Å²) in [4.78, 5) is 0.222. The first-order valence-corrected chi connectivity index (χ1v) is 10.7. The van der Waals surface area contributed by atoms with Crippen molar-refractivity contribution < 1.29 is 17.9 Å². The molecule has 1 heterocycles. The van der Waals surface area contributed by atoms with Gasteiger partial charge in [-0.3, -0.25) is 0 Å². The summed E-state index contributed by atoms with van der Waals surface area (Å²) in [5.41, 5.74) is 3.20. The highest BCUT2D eigenvalue weighted by Crippen LogP contribution is 2.35. The first kappa shape index (κ1) is 20.3. The van der Waals surface area contributed by atoms with E-state index < -0.39 is 10.0 Å². The second-order valence-corrected chi connectivity index (χ2v) is 8.87. The van der Waals surface area contributed by atoms with Crippen molar-refractivity contribution in [2.24, 2.45) is 0 Å². The predicted molar refractivity (Wildman–Crippen MR) is 107 cm³/mol. The molecule has 0 bridgehead atoms. The van der Waals surface area contributed by atoms with Gasteiger partial charge in [-0.15, -0.1) is 0 Å². The van der Waals surface area contributed by atoms with Gasteiger partial charge in [0.05, 0.1) is 23.6 Å². The molecule has 2 aromatic rings. The van der Waals surface area contributed by atoms with E-state index >= 15 is 0 Å². The molecule has 146 valence electrons. The minimum absolute atomic E-state index is 0.222. The lowest BCUT2D eigenvalue weighted by Crippen LogP contribution is -2.49. The number of methoxy groups -OCH3 is 1. The van der Waals surface area contributed by atoms with Crippen LogP contribution in [0.25, 0.3) is 11.1 Å². The lowest BCUT2D eigenvalue weighted by molar-refractivity contribution is -0.0448. The molecular formula is C20H24ClNO4S. The minimum atomic E-state index is -3.78. The second kappa shape index (κ2) is 8.29. The molecule has 1 aliphatic heterocycles. The van der Waals surface area contributed by atoms with Gasteiger partial charge in [0.2, 0.25) is 10.0 Å². The van der Waals surface area contributed by atoms with Gasteiger partial charge in [-0.2, -0.15) is 0 Å². The van der Waals surface area contributed by atoms with Crippen molar-refractivity contribution in [2.45, 2.75) is 37.3 Å². The van der Waals surface area contributed by atoms with Gasteiger partial charge in [0, 0.05) is 29.9 Å². The van der Waals surface area contributed by atoms with Crippen LogP contribution in [0.1, 0.15) is 17.5 Å². The molecule has 27 heavy (non-hydrogen) atoms. The molecule has 0 aromatic heterocycles. The van der Waals surface area contributed by atoms with Gasteiger partial charge in [0.1, 0.15) is 0 Å². The Kier molecular flexibility index (Phi) is 6.23. The zero-order valence-corrected chi connectivity index (χ0v) is 17.2. The molecule has 0 amide bonds. The van der Waals surface area contributed by atoms with Crippen molar-refractivity contribution in [3.8, 4) is 11.1 Å². The van der Waals surface area contributed by atoms with E-state index in [1.54, 1.807) is 19.2 Å². The second-order valence-electron chi connectivity index (χ2n) is 6.78. The average Bonchev–Trinajstić information content (AvgIpc) is 2.64. The quantitative estimate of drug-likeness (QED) is 0.817. The van der Waals surface area contributed by atoms with Crippen molar-refractivity contribution in [1.82, 2.24) is 4.72 Å². The topological polar surface area (TPSA) is 64.6 Å². The van der Waals surface area contributed by atoms with Gasteiger partial charge >= 0.3 is 0 Å². The molecule has 1 fully saturated rings. The minimum Gasteiger partial charge on any atom is -0.379 e. The van der Waals surface area contributed by atoms with Gasteiger partial charge in [0.15, 0.2) is 0 Å². The zero-order valence-electron chi connectivity index (χ0n) is 15.7. The van der Waals surface area contributed by atoms with Crippen LogP contribution in [0.4, 0.5) is 0 Å². The fourth-order valence-electron chi connectivity index (χ4n) is 3.24. The van der Waals surface area contributed by atoms with Crippen molar-refractivity contribution in [3.05, 3.63) is 52.5 Å². The van der Waals surface area contributed by atoms with Crippen LogP contribution in [-0.4, -0.2) is 40.9 Å². The van der Waals surface area contributed by atoms with E-state index in [2.05, 4.69) is 4.72 Å². The summed E-state index contributed by atoms with van der Waals surface area (Å²) in [6, 6.07) is 10.5. The molecule has 1 N–H and O–H groups in total. The molecule has 5 nitrogen and oxygen atoms in total. The van der Waals surface area contributed by atoms with Crippen LogP contribution in [0.5, 0.6) is 0 Å². The van der Waals surface area contributed by atoms with Gasteiger partial charge in [-0.1, -0.05) is 29.8 Å². The monoisotopic (exact) mass is 409 g/mol. The summed E-state index contributed by atoms with van der Waals surface area (Å²) < 4.78 is 40.2. The van der Waals surface area contributed by atoms with Crippen molar-refractivity contribution in [3.63, 3.8) is 0 Å². The summed E-state index contributed by atoms with van der Waals surface area (Å²) >= 11 is 6.36. The Balaban J connectivity index is 2.07. The molecular weight excluding hydrogens is 386 g/mol. The fourth-order valence-corrected chi connectivity index (χ4v) is 5.07. The van der Waals surface area contributed by atoms with Crippen molar-refractivity contribution >= 4 is 21.6 Å². The van der Waals surface area contributed by atoms with E-state index in [4.69, 9.17) is 21.1 Å². The SMILES string of the molecule is CO[C@H]1COCC[C@@H]1NS(=O)(=O)c1cc(C)c(C)cc1-c1ccccc1Cl. The molecule has 0 radical (unpaired) electrons. The van der Waals surface area contributed by atoms with Crippen LogP contribution in [0, 0.1) is 13.8 Å². The first-order valence-electron chi connectivity index (χ1n) is 8.82. The van der Waals surface area contributed by atoms with E-state index in [9.17, 15) is 8.42 Å². The van der Waals surface area contributed by atoms with Crippen LogP contribution in [0.3, 0.4) is 0 Å². The van der Waals surface area contributed by atoms with Gasteiger partial charge in [-0.25, -0.2) is 13.1 Å². The summed E-state index contributed by atoms with van der Waals surface area (Å²) in [7, 11) is -2.22.